The Bertz CT molecular complexity index is 342. The van der Waals surface area contributed by atoms with Gasteiger partial charge in [0.05, 0.1) is 0 Å². The molecule has 1 aromatic carbocycles. The zero-order valence-corrected chi connectivity index (χ0v) is 10.0. The van der Waals surface area contributed by atoms with Gasteiger partial charge in [0.25, 0.3) is 0 Å². The van der Waals surface area contributed by atoms with Crippen molar-refractivity contribution >= 4 is 5.78 Å². The summed E-state index contributed by atoms with van der Waals surface area (Å²) in [6, 6.07) is 6.49. The monoisotopic (exact) mass is 222 g/mol. The molecular formula is C14H19FO. The number of carbonyl (C=O) groups excluding carboxylic acids is 1. The molecule has 0 aliphatic rings. The zero-order chi connectivity index (χ0) is 12.0. The summed E-state index contributed by atoms with van der Waals surface area (Å²) in [4.78, 5) is 11.7. The van der Waals surface area contributed by atoms with Crippen LogP contribution in [0.4, 0.5) is 4.39 Å². The van der Waals surface area contributed by atoms with Crippen LogP contribution in [-0.2, 0) is 11.2 Å². The van der Waals surface area contributed by atoms with Crippen molar-refractivity contribution in [1.82, 2.24) is 0 Å². The molecule has 0 spiro atoms. The van der Waals surface area contributed by atoms with Gasteiger partial charge in [0.15, 0.2) is 0 Å². The van der Waals surface area contributed by atoms with Crippen molar-refractivity contribution in [2.45, 2.75) is 39.5 Å². The molecule has 0 radical (unpaired) electrons. The molecule has 0 bridgehead atoms. The van der Waals surface area contributed by atoms with Gasteiger partial charge in [-0.1, -0.05) is 44.9 Å². The summed E-state index contributed by atoms with van der Waals surface area (Å²) in [6.45, 7) is 4.18. The van der Waals surface area contributed by atoms with Crippen molar-refractivity contribution < 1.29 is 9.18 Å². The summed E-state index contributed by atoms with van der Waals surface area (Å²) in [7, 11) is 0. The van der Waals surface area contributed by atoms with Gasteiger partial charge in [-0.15, -0.1) is 0 Å². The van der Waals surface area contributed by atoms with Crippen molar-refractivity contribution in [2.75, 3.05) is 0 Å². The predicted octanol–water partition coefficient (Wildman–Crippen LogP) is 3.76. The van der Waals surface area contributed by atoms with Crippen molar-refractivity contribution in [3.8, 4) is 0 Å². The Balaban J connectivity index is 2.55. The minimum atomic E-state index is -0.277. The average molecular weight is 222 g/mol. The van der Waals surface area contributed by atoms with E-state index in [0.717, 1.165) is 12.8 Å². The third-order valence-electron chi connectivity index (χ3n) is 3.02. The van der Waals surface area contributed by atoms with E-state index in [1.165, 1.54) is 6.07 Å². The number of Topliss-reactive ketones (excluding diaryl/α,β-unsaturated/α-hetero) is 1. The lowest BCUT2D eigenvalue weighted by molar-refractivity contribution is -0.119. The normalized spacial score (nSPS) is 10.8. The second-order valence-corrected chi connectivity index (χ2v) is 4.19. The highest BCUT2D eigenvalue weighted by Crippen LogP contribution is 2.15. The molecule has 0 unspecified atom stereocenters. The highest BCUT2D eigenvalue weighted by molar-refractivity contribution is 5.81. The molecule has 0 fully saturated rings. The van der Waals surface area contributed by atoms with Crippen LogP contribution < -0.4 is 0 Å². The smallest absolute Gasteiger partial charge is 0.137 e. The molecule has 0 saturated heterocycles. The van der Waals surface area contributed by atoms with Gasteiger partial charge in [0.1, 0.15) is 11.6 Å². The number of benzene rings is 1. The Kier molecular flexibility index (Phi) is 5.17. The van der Waals surface area contributed by atoms with Crippen molar-refractivity contribution in [2.24, 2.45) is 5.92 Å². The number of ketones is 1. The van der Waals surface area contributed by atoms with E-state index in [2.05, 4.69) is 13.8 Å². The van der Waals surface area contributed by atoms with Crippen LogP contribution in [-0.4, -0.2) is 5.78 Å². The second kappa shape index (κ2) is 6.41. The van der Waals surface area contributed by atoms with Gasteiger partial charge in [-0.3, -0.25) is 4.79 Å². The van der Waals surface area contributed by atoms with Crippen molar-refractivity contribution in [3.05, 3.63) is 35.6 Å². The molecule has 0 aliphatic heterocycles. The number of rotatable bonds is 6. The molecule has 0 N–H and O–H groups in total. The molecule has 2 heteroatoms. The lowest BCUT2D eigenvalue weighted by atomic mass is 9.94. The van der Waals surface area contributed by atoms with Crippen LogP contribution in [0.1, 0.15) is 38.7 Å². The zero-order valence-electron chi connectivity index (χ0n) is 10.0. The first-order valence-electron chi connectivity index (χ1n) is 5.92. The van der Waals surface area contributed by atoms with Crippen LogP contribution in [0.2, 0.25) is 0 Å². The summed E-state index contributed by atoms with van der Waals surface area (Å²) in [6.07, 6.45) is 2.82. The SMILES string of the molecule is CCC(CC)CC(=O)Cc1ccccc1F. The summed E-state index contributed by atoms with van der Waals surface area (Å²) >= 11 is 0. The van der Waals surface area contributed by atoms with Crippen molar-refractivity contribution in [1.29, 1.82) is 0 Å². The van der Waals surface area contributed by atoms with Crippen LogP contribution in [0, 0.1) is 11.7 Å². The Morgan fingerprint density at radius 1 is 1.25 bits per heavy atom. The molecule has 0 aliphatic carbocycles. The average Bonchev–Trinajstić information content (AvgIpc) is 2.29. The lowest BCUT2D eigenvalue weighted by Crippen LogP contribution is -2.10. The highest BCUT2D eigenvalue weighted by atomic mass is 19.1. The van der Waals surface area contributed by atoms with Crippen molar-refractivity contribution in [3.63, 3.8) is 0 Å². The standard InChI is InChI=1S/C14H19FO/c1-3-11(4-2)9-13(16)10-12-7-5-6-8-14(12)15/h5-8,11H,3-4,9-10H2,1-2H3. The lowest BCUT2D eigenvalue weighted by Gasteiger charge is -2.10. The molecule has 16 heavy (non-hydrogen) atoms. The molecule has 1 aromatic rings. The first kappa shape index (κ1) is 12.9. The van der Waals surface area contributed by atoms with Gasteiger partial charge < -0.3 is 0 Å². The maximum absolute atomic E-state index is 13.3. The fraction of sp³-hybridized carbons (Fsp3) is 0.500. The largest absolute Gasteiger partial charge is 0.299 e. The first-order valence-corrected chi connectivity index (χ1v) is 5.92. The number of hydrogen-bond acceptors (Lipinski definition) is 1. The quantitative estimate of drug-likeness (QED) is 0.716. The van der Waals surface area contributed by atoms with Gasteiger partial charge in [0.2, 0.25) is 0 Å². The van der Waals surface area contributed by atoms with Gasteiger partial charge in [-0.25, -0.2) is 4.39 Å². The van der Waals surface area contributed by atoms with Crippen LogP contribution >= 0.6 is 0 Å². The molecule has 88 valence electrons. The van der Waals surface area contributed by atoms with E-state index in [1.54, 1.807) is 18.2 Å². The van der Waals surface area contributed by atoms with Gasteiger partial charge in [-0.05, 0) is 17.5 Å². The van der Waals surface area contributed by atoms with E-state index < -0.39 is 0 Å². The van der Waals surface area contributed by atoms with Gasteiger partial charge >= 0.3 is 0 Å². The van der Waals surface area contributed by atoms with E-state index in [-0.39, 0.29) is 18.0 Å². The van der Waals surface area contributed by atoms with E-state index >= 15 is 0 Å². The molecular weight excluding hydrogens is 203 g/mol. The maximum Gasteiger partial charge on any atom is 0.137 e. The molecule has 1 rings (SSSR count). The van der Waals surface area contributed by atoms with Gasteiger partial charge in [0, 0.05) is 12.8 Å². The van der Waals surface area contributed by atoms with E-state index in [9.17, 15) is 9.18 Å². The molecule has 0 amide bonds. The summed E-state index contributed by atoms with van der Waals surface area (Å²) in [5.41, 5.74) is 0.512. The van der Waals surface area contributed by atoms with Crippen LogP contribution in [0.15, 0.2) is 24.3 Å². The van der Waals surface area contributed by atoms with Gasteiger partial charge in [-0.2, -0.15) is 0 Å². The number of hydrogen-bond donors (Lipinski definition) is 0. The molecule has 0 saturated carbocycles. The van der Waals surface area contributed by atoms with Crippen LogP contribution in [0.3, 0.4) is 0 Å². The van der Waals surface area contributed by atoms with E-state index in [4.69, 9.17) is 0 Å². The number of halogens is 1. The van der Waals surface area contributed by atoms with Crippen LogP contribution in [0.25, 0.3) is 0 Å². The molecule has 0 atom stereocenters. The Morgan fingerprint density at radius 3 is 2.44 bits per heavy atom. The summed E-state index contributed by atoms with van der Waals surface area (Å²) < 4.78 is 13.3. The Hall–Kier alpha value is -1.18. The van der Waals surface area contributed by atoms with E-state index in [1.807, 2.05) is 0 Å². The summed E-state index contributed by atoms with van der Waals surface area (Å²) in [5.74, 6) is 0.304. The molecule has 0 aromatic heterocycles. The second-order valence-electron chi connectivity index (χ2n) is 4.19. The maximum atomic E-state index is 13.3. The molecule has 0 heterocycles. The highest BCUT2D eigenvalue weighted by Gasteiger charge is 2.12. The fourth-order valence-electron chi connectivity index (χ4n) is 1.83. The topological polar surface area (TPSA) is 17.1 Å². The Labute approximate surface area is 96.7 Å². The predicted molar refractivity (Wildman–Crippen MR) is 63.8 cm³/mol. The minimum absolute atomic E-state index is 0.138. The third-order valence-corrected chi connectivity index (χ3v) is 3.02. The number of carbonyl (C=O) groups is 1. The van der Waals surface area contributed by atoms with E-state index in [0.29, 0.717) is 17.9 Å². The summed E-state index contributed by atoms with van der Waals surface area (Å²) in [5, 5.41) is 0. The molecule has 1 nitrogen and oxygen atoms in total. The Morgan fingerprint density at radius 2 is 1.88 bits per heavy atom. The van der Waals surface area contributed by atoms with Crippen LogP contribution in [0.5, 0.6) is 0 Å². The fourth-order valence-corrected chi connectivity index (χ4v) is 1.83. The minimum Gasteiger partial charge on any atom is -0.299 e. The first-order chi connectivity index (χ1) is 7.67. The third kappa shape index (κ3) is 3.76.